The highest BCUT2D eigenvalue weighted by molar-refractivity contribution is 5.80. The van der Waals surface area contributed by atoms with Crippen LogP contribution in [-0.2, 0) is 14.3 Å². The summed E-state index contributed by atoms with van der Waals surface area (Å²) in [7, 11) is 1.43. The third-order valence-electron chi connectivity index (χ3n) is 1.57. The van der Waals surface area contributed by atoms with E-state index in [0.717, 1.165) is 0 Å². The van der Waals surface area contributed by atoms with Crippen LogP contribution in [0, 0.1) is 0 Å². The predicted molar refractivity (Wildman–Crippen MR) is 50.8 cm³/mol. The molecule has 0 aliphatic heterocycles. The highest BCUT2D eigenvalue weighted by atomic mass is 16.5. The molecule has 6 nitrogen and oxygen atoms in total. The molecule has 14 heavy (non-hydrogen) atoms. The number of nitrogens with one attached hydrogen (secondary N) is 1. The van der Waals surface area contributed by atoms with Gasteiger partial charge in [-0.05, 0) is 0 Å². The molecule has 6 heteroatoms. The Morgan fingerprint density at radius 3 is 2.79 bits per heavy atom. The molecule has 0 aromatic heterocycles. The molecule has 0 spiro atoms. The average molecular weight is 206 g/mol. The molecule has 84 valence electrons. The molecule has 0 aliphatic rings. The number of hydrogen-bond acceptors (Lipinski definition) is 5. The third kappa shape index (κ3) is 5.87. The minimum Gasteiger partial charge on any atom is -0.394 e. The topological polar surface area (TPSA) is 93.8 Å². The number of ether oxygens (including phenoxy) is 2. The molecule has 0 saturated heterocycles. The van der Waals surface area contributed by atoms with E-state index >= 15 is 0 Å². The minimum atomic E-state index is -0.604. The standard InChI is InChI=1S/C8H18N2O4/c1-13-7(6-9)8(12)10-2-4-14-5-3-11/h7,11H,2-6,9H2,1H3,(H,10,12). The van der Waals surface area contributed by atoms with Gasteiger partial charge in [-0.25, -0.2) is 0 Å². The van der Waals surface area contributed by atoms with Crippen LogP contribution in [0.25, 0.3) is 0 Å². The van der Waals surface area contributed by atoms with Crippen molar-refractivity contribution in [1.82, 2.24) is 5.32 Å². The maximum absolute atomic E-state index is 11.2. The summed E-state index contributed by atoms with van der Waals surface area (Å²) in [4.78, 5) is 11.2. The van der Waals surface area contributed by atoms with E-state index in [0.29, 0.717) is 13.2 Å². The van der Waals surface area contributed by atoms with Crippen molar-refractivity contribution in [1.29, 1.82) is 0 Å². The van der Waals surface area contributed by atoms with Crippen LogP contribution in [0.3, 0.4) is 0 Å². The summed E-state index contributed by atoms with van der Waals surface area (Å²) < 4.78 is 9.77. The van der Waals surface area contributed by atoms with Crippen molar-refractivity contribution in [2.45, 2.75) is 6.10 Å². The average Bonchev–Trinajstić information content (AvgIpc) is 2.19. The number of methoxy groups -OCH3 is 1. The van der Waals surface area contributed by atoms with E-state index in [2.05, 4.69) is 5.32 Å². The molecule has 1 amide bonds. The van der Waals surface area contributed by atoms with Gasteiger partial charge in [-0.15, -0.1) is 0 Å². The second kappa shape index (κ2) is 8.89. The first kappa shape index (κ1) is 13.3. The molecule has 0 rings (SSSR count). The van der Waals surface area contributed by atoms with Gasteiger partial charge in [0, 0.05) is 20.2 Å². The molecule has 0 bridgehead atoms. The van der Waals surface area contributed by atoms with Gasteiger partial charge >= 0.3 is 0 Å². The summed E-state index contributed by atoms with van der Waals surface area (Å²) in [6.07, 6.45) is -0.604. The molecule has 0 radical (unpaired) electrons. The van der Waals surface area contributed by atoms with Gasteiger partial charge in [-0.3, -0.25) is 4.79 Å². The summed E-state index contributed by atoms with van der Waals surface area (Å²) in [5, 5.41) is 11.0. The van der Waals surface area contributed by atoms with E-state index < -0.39 is 6.10 Å². The van der Waals surface area contributed by atoms with Crippen molar-refractivity contribution in [3.05, 3.63) is 0 Å². The Balaban J connectivity index is 3.43. The zero-order chi connectivity index (χ0) is 10.8. The summed E-state index contributed by atoms with van der Waals surface area (Å²) >= 11 is 0. The Bertz CT molecular complexity index is 150. The van der Waals surface area contributed by atoms with Crippen molar-refractivity contribution in [2.75, 3.05) is 40.0 Å². The predicted octanol–water partition coefficient (Wildman–Crippen LogP) is -1.91. The lowest BCUT2D eigenvalue weighted by Gasteiger charge is -2.12. The monoisotopic (exact) mass is 206 g/mol. The second-order valence-electron chi connectivity index (χ2n) is 2.59. The van der Waals surface area contributed by atoms with Crippen LogP contribution in [0.15, 0.2) is 0 Å². The Kier molecular flexibility index (Phi) is 8.45. The Morgan fingerprint density at radius 1 is 1.57 bits per heavy atom. The van der Waals surface area contributed by atoms with Crippen LogP contribution < -0.4 is 11.1 Å². The van der Waals surface area contributed by atoms with Gasteiger partial charge in [0.05, 0.1) is 19.8 Å². The van der Waals surface area contributed by atoms with Crippen molar-refractivity contribution < 1.29 is 19.4 Å². The molecule has 0 aliphatic carbocycles. The van der Waals surface area contributed by atoms with Gasteiger partial charge in [-0.1, -0.05) is 0 Å². The van der Waals surface area contributed by atoms with Crippen molar-refractivity contribution in [3.63, 3.8) is 0 Å². The van der Waals surface area contributed by atoms with E-state index in [1.807, 2.05) is 0 Å². The Labute approximate surface area is 83.4 Å². The highest BCUT2D eigenvalue weighted by Crippen LogP contribution is 1.85. The zero-order valence-electron chi connectivity index (χ0n) is 8.36. The normalized spacial score (nSPS) is 12.5. The van der Waals surface area contributed by atoms with Crippen LogP contribution in [0.4, 0.5) is 0 Å². The summed E-state index contributed by atoms with van der Waals surface area (Å²) in [6, 6.07) is 0. The van der Waals surface area contributed by atoms with Gasteiger partial charge in [0.15, 0.2) is 0 Å². The second-order valence-corrected chi connectivity index (χ2v) is 2.59. The summed E-state index contributed by atoms with van der Waals surface area (Å²) in [5.74, 6) is -0.248. The quantitative estimate of drug-likeness (QED) is 0.403. The Morgan fingerprint density at radius 2 is 2.29 bits per heavy atom. The van der Waals surface area contributed by atoms with Crippen molar-refractivity contribution >= 4 is 5.91 Å². The fraction of sp³-hybridized carbons (Fsp3) is 0.875. The van der Waals surface area contributed by atoms with Crippen LogP contribution >= 0.6 is 0 Å². The Hall–Kier alpha value is -0.690. The minimum absolute atomic E-state index is 0.0164. The first-order valence-corrected chi connectivity index (χ1v) is 4.45. The molecular formula is C8H18N2O4. The van der Waals surface area contributed by atoms with Crippen LogP contribution in [0.1, 0.15) is 0 Å². The molecular weight excluding hydrogens is 188 g/mol. The van der Waals surface area contributed by atoms with Gasteiger partial charge in [0.25, 0.3) is 5.91 Å². The fourth-order valence-corrected chi connectivity index (χ4v) is 0.837. The SMILES string of the molecule is COC(CN)C(=O)NCCOCCO. The first-order valence-electron chi connectivity index (χ1n) is 4.45. The number of aliphatic hydroxyl groups is 1. The number of nitrogens with two attached hydrogens (primary N) is 1. The molecule has 4 N–H and O–H groups in total. The van der Waals surface area contributed by atoms with E-state index in [9.17, 15) is 4.79 Å². The van der Waals surface area contributed by atoms with Crippen molar-refractivity contribution in [3.8, 4) is 0 Å². The van der Waals surface area contributed by atoms with Gasteiger partial charge in [0.1, 0.15) is 6.10 Å². The zero-order valence-corrected chi connectivity index (χ0v) is 8.36. The van der Waals surface area contributed by atoms with E-state index in [4.69, 9.17) is 20.3 Å². The van der Waals surface area contributed by atoms with E-state index in [1.165, 1.54) is 7.11 Å². The highest BCUT2D eigenvalue weighted by Gasteiger charge is 2.14. The maximum atomic E-state index is 11.2. The van der Waals surface area contributed by atoms with Gasteiger partial charge in [-0.2, -0.15) is 0 Å². The van der Waals surface area contributed by atoms with Gasteiger partial charge in [0.2, 0.25) is 0 Å². The number of amides is 1. The van der Waals surface area contributed by atoms with Crippen LogP contribution in [0.2, 0.25) is 0 Å². The third-order valence-corrected chi connectivity index (χ3v) is 1.57. The number of rotatable bonds is 8. The lowest BCUT2D eigenvalue weighted by molar-refractivity contribution is -0.130. The number of carbonyl (C=O) groups excluding carboxylic acids is 1. The summed E-state index contributed by atoms with van der Waals surface area (Å²) in [6.45, 7) is 1.17. The van der Waals surface area contributed by atoms with E-state index in [1.54, 1.807) is 0 Å². The molecule has 0 fully saturated rings. The lowest BCUT2D eigenvalue weighted by atomic mass is 10.3. The maximum Gasteiger partial charge on any atom is 0.250 e. The molecule has 0 aromatic rings. The number of hydrogen-bond donors (Lipinski definition) is 3. The number of carbonyl (C=O) groups is 1. The van der Waals surface area contributed by atoms with Crippen molar-refractivity contribution in [2.24, 2.45) is 5.73 Å². The fourth-order valence-electron chi connectivity index (χ4n) is 0.837. The molecule has 1 atom stereocenters. The molecule has 0 aromatic carbocycles. The van der Waals surface area contributed by atoms with Crippen LogP contribution in [0.5, 0.6) is 0 Å². The van der Waals surface area contributed by atoms with Gasteiger partial charge < -0.3 is 25.6 Å². The molecule has 1 unspecified atom stereocenters. The first-order chi connectivity index (χ1) is 6.76. The number of aliphatic hydroxyl groups excluding tert-OH is 1. The largest absolute Gasteiger partial charge is 0.394 e. The smallest absolute Gasteiger partial charge is 0.250 e. The lowest BCUT2D eigenvalue weighted by Crippen LogP contribution is -2.41. The molecule has 0 saturated carbocycles. The molecule has 0 heterocycles. The van der Waals surface area contributed by atoms with E-state index in [-0.39, 0.29) is 25.7 Å². The summed E-state index contributed by atoms with van der Waals surface area (Å²) in [5.41, 5.74) is 5.29. The van der Waals surface area contributed by atoms with Crippen LogP contribution in [-0.4, -0.2) is 57.1 Å².